The van der Waals surface area contributed by atoms with Gasteiger partial charge >= 0.3 is 5.97 Å². The molecule has 1 saturated heterocycles. The number of carbonyl (C=O) groups is 2. The molecule has 0 aromatic carbocycles. The molecule has 2 heterocycles. The second-order valence-corrected chi connectivity index (χ2v) is 4.57. The third-order valence-electron chi connectivity index (χ3n) is 3.15. The molecule has 6 nitrogen and oxygen atoms in total. The fourth-order valence-electron chi connectivity index (χ4n) is 2.10. The summed E-state index contributed by atoms with van der Waals surface area (Å²) in [5, 5.41) is 8.53. The first-order chi connectivity index (χ1) is 9.56. The number of carboxylic acids is 1. The Morgan fingerprint density at radius 3 is 2.65 bits per heavy atom. The SMILES string of the molecule is O=C(O)COC1CCN(C(=O)c2ccc(F)nc2)CC1. The van der Waals surface area contributed by atoms with Gasteiger partial charge < -0.3 is 14.7 Å². The van der Waals surface area contributed by atoms with Crippen molar-refractivity contribution in [1.29, 1.82) is 0 Å². The van der Waals surface area contributed by atoms with Crippen LogP contribution in [0.4, 0.5) is 4.39 Å². The smallest absolute Gasteiger partial charge is 0.329 e. The molecule has 1 fully saturated rings. The average molecular weight is 282 g/mol. The molecule has 0 spiro atoms. The van der Waals surface area contributed by atoms with Gasteiger partial charge in [0.25, 0.3) is 5.91 Å². The molecule has 0 aliphatic carbocycles. The number of amides is 1. The number of likely N-dealkylation sites (tertiary alicyclic amines) is 1. The number of halogens is 1. The van der Waals surface area contributed by atoms with Gasteiger partial charge in [-0.2, -0.15) is 4.39 Å². The van der Waals surface area contributed by atoms with Crippen LogP contribution in [0.3, 0.4) is 0 Å². The first-order valence-corrected chi connectivity index (χ1v) is 6.30. The van der Waals surface area contributed by atoms with Crippen LogP contribution >= 0.6 is 0 Å². The van der Waals surface area contributed by atoms with Crippen LogP contribution in [0, 0.1) is 5.95 Å². The summed E-state index contributed by atoms with van der Waals surface area (Å²) in [5.41, 5.74) is 0.344. The Hall–Kier alpha value is -2.02. The van der Waals surface area contributed by atoms with Gasteiger partial charge in [0, 0.05) is 19.3 Å². The molecular weight excluding hydrogens is 267 g/mol. The number of hydrogen-bond acceptors (Lipinski definition) is 4. The molecule has 0 unspecified atom stereocenters. The Labute approximate surface area is 115 Å². The standard InChI is InChI=1S/C13H15FN2O4/c14-11-2-1-9(7-15-11)13(19)16-5-3-10(4-6-16)20-8-12(17)18/h1-2,7,10H,3-6,8H2,(H,17,18). The van der Waals surface area contributed by atoms with Crippen LogP contribution in [-0.2, 0) is 9.53 Å². The van der Waals surface area contributed by atoms with Crippen molar-refractivity contribution in [1.82, 2.24) is 9.88 Å². The second kappa shape index (κ2) is 6.42. The van der Waals surface area contributed by atoms with Crippen molar-refractivity contribution in [3.63, 3.8) is 0 Å². The van der Waals surface area contributed by atoms with E-state index in [9.17, 15) is 14.0 Å². The van der Waals surface area contributed by atoms with E-state index in [1.807, 2.05) is 0 Å². The van der Waals surface area contributed by atoms with Crippen LogP contribution in [0.25, 0.3) is 0 Å². The molecule has 7 heteroatoms. The quantitative estimate of drug-likeness (QED) is 0.831. The number of nitrogens with zero attached hydrogens (tertiary/aromatic N) is 2. The normalized spacial score (nSPS) is 16.1. The number of aliphatic carboxylic acids is 1. The summed E-state index contributed by atoms with van der Waals surface area (Å²) < 4.78 is 17.9. The monoisotopic (exact) mass is 282 g/mol. The number of ether oxygens (including phenoxy) is 1. The summed E-state index contributed by atoms with van der Waals surface area (Å²) in [6, 6.07) is 2.55. The van der Waals surface area contributed by atoms with E-state index in [1.54, 1.807) is 4.90 Å². The van der Waals surface area contributed by atoms with Crippen LogP contribution in [0.1, 0.15) is 23.2 Å². The Balaban J connectivity index is 1.85. The lowest BCUT2D eigenvalue weighted by Crippen LogP contribution is -2.41. The Kier molecular flexibility index (Phi) is 4.62. The number of rotatable bonds is 4. The zero-order valence-electron chi connectivity index (χ0n) is 10.8. The van der Waals surface area contributed by atoms with Gasteiger partial charge in [0.05, 0.1) is 11.7 Å². The van der Waals surface area contributed by atoms with E-state index in [4.69, 9.17) is 9.84 Å². The minimum Gasteiger partial charge on any atom is -0.480 e. The number of pyridine rings is 1. The van der Waals surface area contributed by atoms with Crippen LogP contribution in [0.15, 0.2) is 18.3 Å². The highest BCUT2D eigenvalue weighted by molar-refractivity contribution is 5.93. The minimum atomic E-state index is -0.999. The van der Waals surface area contributed by atoms with Crippen molar-refractivity contribution in [3.05, 3.63) is 29.8 Å². The molecule has 0 saturated carbocycles. The van der Waals surface area contributed by atoms with Crippen molar-refractivity contribution in [3.8, 4) is 0 Å². The van der Waals surface area contributed by atoms with Gasteiger partial charge in [-0.15, -0.1) is 0 Å². The molecule has 0 bridgehead atoms. The predicted molar refractivity (Wildman–Crippen MR) is 66.7 cm³/mol. The Bertz CT molecular complexity index is 484. The maximum Gasteiger partial charge on any atom is 0.329 e. The molecule has 1 aliphatic heterocycles. The van der Waals surface area contributed by atoms with E-state index in [2.05, 4.69) is 4.98 Å². The maximum atomic E-state index is 12.7. The first-order valence-electron chi connectivity index (χ1n) is 6.30. The van der Waals surface area contributed by atoms with Gasteiger partial charge in [-0.3, -0.25) is 4.79 Å². The van der Waals surface area contributed by atoms with Gasteiger partial charge in [-0.25, -0.2) is 9.78 Å². The molecule has 108 valence electrons. The topological polar surface area (TPSA) is 79.7 Å². The predicted octanol–water partition coefficient (Wildman–Crippen LogP) is 0.926. The van der Waals surface area contributed by atoms with Crippen LogP contribution in [0.2, 0.25) is 0 Å². The van der Waals surface area contributed by atoms with Gasteiger partial charge in [0.15, 0.2) is 0 Å². The Morgan fingerprint density at radius 2 is 2.10 bits per heavy atom. The van der Waals surface area contributed by atoms with E-state index >= 15 is 0 Å². The fraction of sp³-hybridized carbons (Fsp3) is 0.462. The van der Waals surface area contributed by atoms with Gasteiger partial charge in [-0.1, -0.05) is 0 Å². The number of carboxylic acid groups (broad SMARTS) is 1. The maximum absolute atomic E-state index is 12.7. The number of piperidine rings is 1. The molecule has 1 aromatic heterocycles. The summed E-state index contributed by atoms with van der Waals surface area (Å²) in [7, 11) is 0. The second-order valence-electron chi connectivity index (χ2n) is 4.57. The number of carbonyl (C=O) groups excluding carboxylic acids is 1. The van der Waals surface area contributed by atoms with Crippen LogP contribution in [-0.4, -0.2) is 52.7 Å². The summed E-state index contributed by atoms with van der Waals surface area (Å²) in [5.74, 6) is -1.82. The van der Waals surface area contributed by atoms with Crippen molar-refractivity contribution < 1.29 is 23.8 Å². The molecule has 0 atom stereocenters. The minimum absolute atomic E-state index is 0.138. The first kappa shape index (κ1) is 14.4. The summed E-state index contributed by atoms with van der Waals surface area (Å²) in [6.45, 7) is 0.654. The lowest BCUT2D eigenvalue weighted by Gasteiger charge is -2.31. The zero-order chi connectivity index (χ0) is 14.5. The Morgan fingerprint density at radius 1 is 1.40 bits per heavy atom. The fourth-order valence-corrected chi connectivity index (χ4v) is 2.10. The molecule has 20 heavy (non-hydrogen) atoms. The van der Waals surface area contributed by atoms with Gasteiger partial charge in [0.2, 0.25) is 5.95 Å². The van der Waals surface area contributed by atoms with Crippen LogP contribution in [0.5, 0.6) is 0 Å². The number of hydrogen-bond donors (Lipinski definition) is 1. The third-order valence-corrected chi connectivity index (χ3v) is 3.15. The lowest BCUT2D eigenvalue weighted by atomic mass is 10.1. The van der Waals surface area contributed by atoms with Crippen LogP contribution < -0.4 is 0 Å². The summed E-state index contributed by atoms with van der Waals surface area (Å²) in [6.07, 6.45) is 2.26. The highest BCUT2D eigenvalue weighted by Gasteiger charge is 2.24. The van der Waals surface area contributed by atoms with E-state index < -0.39 is 11.9 Å². The molecular formula is C13H15FN2O4. The highest BCUT2D eigenvalue weighted by Crippen LogP contribution is 2.16. The molecule has 1 aromatic rings. The molecule has 1 amide bonds. The lowest BCUT2D eigenvalue weighted by molar-refractivity contribution is -0.145. The largest absolute Gasteiger partial charge is 0.480 e. The summed E-state index contributed by atoms with van der Waals surface area (Å²) in [4.78, 5) is 27.6. The van der Waals surface area contributed by atoms with E-state index in [0.717, 1.165) is 6.07 Å². The molecule has 2 rings (SSSR count). The van der Waals surface area contributed by atoms with Crippen molar-refractivity contribution in [2.45, 2.75) is 18.9 Å². The zero-order valence-corrected chi connectivity index (χ0v) is 10.8. The van der Waals surface area contributed by atoms with Gasteiger partial charge in [-0.05, 0) is 25.0 Å². The molecule has 1 N–H and O–H groups in total. The van der Waals surface area contributed by atoms with Crippen molar-refractivity contribution >= 4 is 11.9 Å². The molecule has 0 radical (unpaired) electrons. The number of aromatic nitrogens is 1. The average Bonchev–Trinajstić information content (AvgIpc) is 2.46. The van der Waals surface area contributed by atoms with E-state index in [1.165, 1.54) is 12.3 Å². The van der Waals surface area contributed by atoms with E-state index in [-0.39, 0.29) is 18.6 Å². The van der Waals surface area contributed by atoms with E-state index in [0.29, 0.717) is 31.5 Å². The molecule has 1 aliphatic rings. The summed E-state index contributed by atoms with van der Waals surface area (Å²) >= 11 is 0. The highest BCUT2D eigenvalue weighted by atomic mass is 19.1. The van der Waals surface area contributed by atoms with Crippen molar-refractivity contribution in [2.24, 2.45) is 0 Å². The van der Waals surface area contributed by atoms with Gasteiger partial charge in [0.1, 0.15) is 6.61 Å². The van der Waals surface area contributed by atoms with Crippen molar-refractivity contribution in [2.75, 3.05) is 19.7 Å². The third kappa shape index (κ3) is 3.74.